The van der Waals surface area contributed by atoms with Gasteiger partial charge in [-0.05, 0) is 24.3 Å². The molecule has 24 heavy (non-hydrogen) atoms. The lowest BCUT2D eigenvalue weighted by Gasteiger charge is -2.13. The van der Waals surface area contributed by atoms with Crippen molar-refractivity contribution >= 4 is 17.7 Å². The van der Waals surface area contributed by atoms with Crippen LogP contribution in [0.1, 0.15) is 0 Å². The monoisotopic (exact) mass is 349 g/mol. The average molecular weight is 349 g/mol. The lowest BCUT2D eigenvalue weighted by molar-refractivity contribution is -0.118. The van der Waals surface area contributed by atoms with Crippen molar-refractivity contribution in [1.29, 1.82) is 0 Å². The van der Waals surface area contributed by atoms with Crippen LogP contribution < -0.4 is 19.5 Å². The first-order valence-electron chi connectivity index (χ1n) is 7.10. The maximum absolute atomic E-state index is 11.3. The van der Waals surface area contributed by atoms with Crippen LogP contribution in [0.15, 0.2) is 29.3 Å². The molecule has 0 spiro atoms. The van der Waals surface area contributed by atoms with E-state index >= 15 is 0 Å². The molecule has 2 aromatic rings. The Kier molecular flexibility index (Phi) is 6.25. The maximum atomic E-state index is 11.3. The number of hydrogen-bond acceptors (Lipinski definition) is 7. The molecule has 1 N–H and O–H groups in total. The van der Waals surface area contributed by atoms with Crippen LogP contribution >= 0.6 is 11.8 Å². The maximum Gasteiger partial charge on any atom is 0.230 e. The quantitative estimate of drug-likeness (QED) is 0.766. The number of ether oxygens (including phenoxy) is 3. The third-order valence-electron chi connectivity index (χ3n) is 3.23. The Bertz CT molecular complexity index is 682. The van der Waals surface area contributed by atoms with Crippen molar-refractivity contribution in [3.05, 3.63) is 24.3 Å². The summed E-state index contributed by atoms with van der Waals surface area (Å²) in [4.78, 5) is 11.3. The van der Waals surface area contributed by atoms with Crippen molar-refractivity contribution in [2.24, 2.45) is 0 Å². The summed E-state index contributed by atoms with van der Waals surface area (Å²) in [6, 6.07) is 7.27. The van der Waals surface area contributed by atoms with E-state index < -0.39 is 0 Å². The molecule has 0 atom stereocenters. The van der Waals surface area contributed by atoms with Crippen molar-refractivity contribution < 1.29 is 19.0 Å². The molecule has 0 radical (unpaired) electrons. The second-order valence-corrected chi connectivity index (χ2v) is 5.63. The molecule has 128 valence electrons. The summed E-state index contributed by atoms with van der Waals surface area (Å²) in [7, 11) is 6.27. The zero-order valence-electron chi connectivity index (χ0n) is 14.0. The summed E-state index contributed by atoms with van der Waals surface area (Å²) in [6.45, 7) is 0. The summed E-state index contributed by atoms with van der Waals surface area (Å²) < 4.78 is 16.0. The Morgan fingerprint density at radius 2 is 1.75 bits per heavy atom. The molecular formula is C16H19N3O4S. The highest BCUT2D eigenvalue weighted by Crippen LogP contribution is 2.40. The number of carbonyl (C=O) groups excluding carboxylic acids is 1. The number of thioether (sulfide) groups is 1. The van der Waals surface area contributed by atoms with Gasteiger partial charge in [-0.2, -0.15) is 0 Å². The number of amides is 1. The Hall–Kier alpha value is -2.48. The largest absolute Gasteiger partial charge is 0.493 e. The summed E-state index contributed by atoms with van der Waals surface area (Å²) in [6.07, 6.45) is 0. The fourth-order valence-electron chi connectivity index (χ4n) is 1.99. The first-order valence-corrected chi connectivity index (χ1v) is 8.09. The van der Waals surface area contributed by atoms with Gasteiger partial charge in [-0.1, -0.05) is 11.8 Å². The summed E-state index contributed by atoms with van der Waals surface area (Å²) in [5, 5.41) is 11.6. The lowest BCUT2D eigenvalue weighted by atomic mass is 10.1. The van der Waals surface area contributed by atoms with E-state index in [-0.39, 0.29) is 5.91 Å². The van der Waals surface area contributed by atoms with Crippen LogP contribution in [0.2, 0.25) is 0 Å². The van der Waals surface area contributed by atoms with Crippen LogP contribution in [0.25, 0.3) is 11.3 Å². The zero-order valence-corrected chi connectivity index (χ0v) is 14.8. The molecule has 1 amide bonds. The van der Waals surface area contributed by atoms with Gasteiger partial charge in [-0.25, -0.2) is 0 Å². The molecule has 0 saturated heterocycles. The van der Waals surface area contributed by atoms with Gasteiger partial charge in [0.15, 0.2) is 11.5 Å². The Balaban J connectivity index is 2.26. The van der Waals surface area contributed by atoms with Crippen molar-refractivity contribution in [1.82, 2.24) is 15.5 Å². The minimum absolute atomic E-state index is 0.0597. The normalized spacial score (nSPS) is 10.2. The molecule has 0 saturated carbocycles. The minimum atomic E-state index is -0.0597. The molecular weight excluding hydrogens is 330 g/mol. The SMILES string of the molecule is CNC(=O)CSc1ccc(-c2cc(OC)c(OC)c(OC)c2)nn1. The van der Waals surface area contributed by atoms with Gasteiger partial charge in [-0.3, -0.25) is 4.79 Å². The number of methoxy groups -OCH3 is 3. The standard InChI is InChI=1S/C16H19N3O4S/c1-17-14(20)9-24-15-6-5-11(18-19-15)10-7-12(21-2)16(23-4)13(8-10)22-3/h5-8H,9H2,1-4H3,(H,17,20). The third-order valence-corrected chi connectivity index (χ3v) is 4.15. The smallest absolute Gasteiger partial charge is 0.230 e. The van der Waals surface area contributed by atoms with Crippen LogP contribution in [0.4, 0.5) is 0 Å². The van der Waals surface area contributed by atoms with E-state index in [1.54, 1.807) is 28.4 Å². The van der Waals surface area contributed by atoms with Crippen molar-refractivity contribution in [3.63, 3.8) is 0 Å². The minimum Gasteiger partial charge on any atom is -0.493 e. The van der Waals surface area contributed by atoms with E-state index in [4.69, 9.17) is 14.2 Å². The molecule has 0 aliphatic carbocycles. The van der Waals surface area contributed by atoms with Gasteiger partial charge < -0.3 is 19.5 Å². The molecule has 0 bridgehead atoms. The average Bonchev–Trinajstić information content (AvgIpc) is 2.65. The number of benzene rings is 1. The predicted molar refractivity (Wildman–Crippen MR) is 91.9 cm³/mol. The van der Waals surface area contributed by atoms with Crippen LogP contribution in [0.5, 0.6) is 17.2 Å². The first kappa shape index (κ1) is 17.9. The number of rotatable bonds is 7. The highest BCUT2D eigenvalue weighted by atomic mass is 32.2. The highest BCUT2D eigenvalue weighted by molar-refractivity contribution is 7.99. The number of nitrogens with zero attached hydrogens (tertiary/aromatic N) is 2. The van der Waals surface area contributed by atoms with Crippen molar-refractivity contribution in [2.45, 2.75) is 5.03 Å². The van der Waals surface area contributed by atoms with Crippen molar-refractivity contribution in [3.8, 4) is 28.5 Å². The molecule has 7 nitrogen and oxygen atoms in total. The van der Waals surface area contributed by atoms with Gasteiger partial charge in [0.05, 0.1) is 32.8 Å². The molecule has 8 heteroatoms. The molecule has 1 aromatic carbocycles. The van der Waals surface area contributed by atoms with E-state index in [1.807, 2.05) is 24.3 Å². The number of carbonyl (C=O) groups is 1. The molecule has 1 aromatic heterocycles. The molecule has 1 heterocycles. The van der Waals surface area contributed by atoms with E-state index in [9.17, 15) is 4.79 Å². The summed E-state index contributed by atoms with van der Waals surface area (Å²) >= 11 is 1.32. The highest BCUT2D eigenvalue weighted by Gasteiger charge is 2.15. The number of aromatic nitrogens is 2. The van der Waals surface area contributed by atoms with E-state index in [0.29, 0.717) is 33.7 Å². The Labute approximate surface area is 144 Å². The Morgan fingerprint density at radius 3 is 2.21 bits per heavy atom. The predicted octanol–water partition coefficient (Wildman–Crippen LogP) is 2.01. The van der Waals surface area contributed by atoms with Gasteiger partial charge in [-0.15, -0.1) is 10.2 Å². The van der Waals surface area contributed by atoms with Crippen LogP contribution in [0, 0.1) is 0 Å². The van der Waals surface area contributed by atoms with Crippen LogP contribution in [-0.2, 0) is 4.79 Å². The second-order valence-electron chi connectivity index (χ2n) is 4.63. The number of nitrogens with one attached hydrogen (secondary N) is 1. The van der Waals surface area contributed by atoms with Gasteiger partial charge in [0, 0.05) is 12.6 Å². The van der Waals surface area contributed by atoms with E-state index in [0.717, 1.165) is 5.56 Å². The zero-order chi connectivity index (χ0) is 17.5. The summed E-state index contributed by atoms with van der Waals surface area (Å²) in [5.74, 6) is 1.86. The summed E-state index contributed by atoms with van der Waals surface area (Å²) in [5.41, 5.74) is 1.46. The fourth-order valence-corrected chi connectivity index (χ4v) is 2.68. The van der Waals surface area contributed by atoms with Crippen molar-refractivity contribution in [2.75, 3.05) is 34.1 Å². The molecule has 2 rings (SSSR count). The molecule has 0 unspecified atom stereocenters. The Morgan fingerprint density at radius 1 is 1.08 bits per heavy atom. The van der Waals surface area contributed by atoms with Gasteiger partial charge >= 0.3 is 0 Å². The second kappa shape index (κ2) is 8.39. The topological polar surface area (TPSA) is 82.6 Å². The fraction of sp³-hybridized carbons (Fsp3) is 0.312. The van der Waals surface area contributed by atoms with Gasteiger partial charge in [0.1, 0.15) is 5.03 Å². The van der Waals surface area contributed by atoms with E-state index in [2.05, 4.69) is 15.5 Å². The first-order chi connectivity index (χ1) is 11.6. The van der Waals surface area contributed by atoms with E-state index in [1.165, 1.54) is 11.8 Å². The molecule has 0 aliphatic heterocycles. The number of hydrogen-bond donors (Lipinski definition) is 1. The lowest BCUT2D eigenvalue weighted by Crippen LogP contribution is -2.19. The third kappa shape index (κ3) is 4.08. The molecule has 0 fully saturated rings. The molecule has 0 aliphatic rings. The van der Waals surface area contributed by atoms with Gasteiger partial charge in [0.25, 0.3) is 0 Å². The van der Waals surface area contributed by atoms with Gasteiger partial charge in [0.2, 0.25) is 11.7 Å². The van der Waals surface area contributed by atoms with Crippen LogP contribution in [0.3, 0.4) is 0 Å². The van der Waals surface area contributed by atoms with Crippen LogP contribution in [-0.4, -0.2) is 50.2 Å².